The Kier molecular flexibility index (Phi) is 5.85. The summed E-state index contributed by atoms with van der Waals surface area (Å²) in [7, 11) is 0. The smallest absolute Gasteiger partial charge is 0.332 e. The summed E-state index contributed by atoms with van der Waals surface area (Å²) in [4.78, 5) is 33.3. The number of nitrogens with one attached hydrogen (secondary N) is 1. The van der Waals surface area contributed by atoms with E-state index in [2.05, 4.69) is 33.0 Å². The molecule has 0 aliphatic rings. The van der Waals surface area contributed by atoms with E-state index in [1.807, 2.05) is 44.3 Å². The third-order valence-electron chi connectivity index (χ3n) is 4.85. The van der Waals surface area contributed by atoms with Crippen molar-refractivity contribution < 1.29 is 0 Å². The van der Waals surface area contributed by atoms with E-state index in [4.69, 9.17) is 0 Å². The standard InChI is InChI=1S/C23H23N6O2/c1-3-12-28-21-19(22(30)29(13-4-2)23(28)31)25-20(26-21)18-15-24-27(16-18)14-8-11-17-9-6-5-7-10-17/h6-7,9-10,15-16H,3-4,12-14H2,1-2H3,(H,25,26). The number of benzene rings is 1. The van der Waals surface area contributed by atoms with Gasteiger partial charge in [-0.1, -0.05) is 37.8 Å². The van der Waals surface area contributed by atoms with Gasteiger partial charge in [-0.25, -0.2) is 9.78 Å². The first kappa shape index (κ1) is 20.4. The maximum Gasteiger partial charge on any atom is 0.332 e. The van der Waals surface area contributed by atoms with Gasteiger partial charge in [-0.3, -0.25) is 18.6 Å². The molecule has 0 saturated heterocycles. The number of hydrogen-bond acceptors (Lipinski definition) is 4. The molecule has 1 aromatic carbocycles. The van der Waals surface area contributed by atoms with Crippen LogP contribution in [0.5, 0.6) is 0 Å². The molecular weight excluding hydrogens is 392 g/mol. The number of H-pyrrole nitrogens is 1. The number of aromatic nitrogens is 6. The summed E-state index contributed by atoms with van der Waals surface area (Å²) in [6.45, 7) is 5.21. The Balaban J connectivity index is 1.69. The lowest BCUT2D eigenvalue weighted by Gasteiger charge is -2.09. The average molecular weight is 415 g/mol. The van der Waals surface area contributed by atoms with Crippen LogP contribution in [0.4, 0.5) is 0 Å². The molecule has 0 aliphatic carbocycles. The first-order valence-corrected chi connectivity index (χ1v) is 10.3. The summed E-state index contributed by atoms with van der Waals surface area (Å²) < 4.78 is 4.55. The summed E-state index contributed by atoms with van der Waals surface area (Å²) in [5.41, 5.74) is 1.71. The topological polar surface area (TPSA) is 90.5 Å². The Bertz CT molecular complexity index is 1380. The Morgan fingerprint density at radius 3 is 2.58 bits per heavy atom. The first-order chi connectivity index (χ1) is 15.1. The lowest BCUT2D eigenvalue weighted by Crippen LogP contribution is -2.40. The lowest BCUT2D eigenvalue weighted by molar-refractivity contribution is 0.555. The number of hydrogen-bond donors (Lipinski definition) is 1. The molecule has 8 nitrogen and oxygen atoms in total. The van der Waals surface area contributed by atoms with E-state index in [0.717, 1.165) is 17.5 Å². The zero-order valence-corrected chi connectivity index (χ0v) is 17.6. The third-order valence-corrected chi connectivity index (χ3v) is 4.85. The van der Waals surface area contributed by atoms with E-state index in [1.54, 1.807) is 15.4 Å². The van der Waals surface area contributed by atoms with Crippen LogP contribution in [0.2, 0.25) is 0 Å². The minimum Gasteiger partial charge on any atom is -0.332 e. The van der Waals surface area contributed by atoms with Crippen LogP contribution in [0.15, 0.2) is 46.2 Å². The summed E-state index contributed by atoms with van der Waals surface area (Å²) in [6, 6.07) is 10.4. The van der Waals surface area contributed by atoms with Gasteiger partial charge in [-0.15, -0.1) is 0 Å². The van der Waals surface area contributed by atoms with Crippen LogP contribution in [-0.2, 0) is 19.6 Å². The fourth-order valence-electron chi connectivity index (χ4n) is 3.41. The largest absolute Gasteiger partial charge is 0.332 e. The molecule has 3 aromatic heterocycles. The van der Waals surface area contributed by atoms with E-state index in [1.165, 1.54) is 4.57 Å². The number of rotatable bonds is 6. The van der Waals surface area contributed by atoms with Crippen molar-refractivity contribution in [3.8, 4) is 23.2 Å². The molecule has 1 radical (unpaired) electrons. The minimum absolute atomic E-state index is 0.316. The first-order valence-electron chi connectivity index (χ1n) is 10.3. The second-order valence-corrected chi connectivity index (χ2v) is 7.19. The molecule has 157 valence electrons. The second kappa shape index (κ2) is 8.88. The summed E-state index contributed by atoms with van der Waals surface area (Å²) >= 11 is 0. The lowest BCUT2D eigenvalue weighted by atomic mass is 10.2. The molecule has 4 aromatic rings. The number of imidazole rings is 1. The SMILES string of the molecule is CCCn1c(=O)c2[nH]c(-c3cnn(CC#Cc4cc[c]cc4)c3)nc2n(CCC)c1=O. The maximum atomic E-state index is 12.9. The molecule has 0 saturated carbocycles. The highest BCUT2D eigenvalue weighted by molar-refractivity contribution is 5.75. The molecule has 8 heteroatoms. The maximum absolute atomic E-state index is 12.9. The van der Waals surface area contributed by atoms with Crippen molar-refractivity contribution in [3.63, 3.8) is 0 Å². The quantitative estimate of drug-likeness (QED) is 0.490. The summed E-state index contributed by atoms with van der Waals surface area (Å²) in [5.74, 6) is 6.66. The molecule has 0 atom stereocenters. The minimum atomic E-state index is -0.341. The van der Waals surface area contributed by atoms with Gasteiger partial charge < -0.3 is 4.98 Å². The summed E-state index contributed by atoms with van der Waals surface area (Å²) in [5, 5.41) is 4.34. The fourth-order valence-corrected chi connectivity index (χ4v) is 3.41. The van der Waals surface area contributed by atoms with Crippen LogP contribution in [0.3, 0.4) is 0 Å². The summed E-state index contributed by atoms with van der Waals surface area (Å²) in [6.07, 6.45) is 4.95. The van der Waals surface area contributed by atoms with Gasteiger partial charge in [0.15, 0.2) is 5.65 Å². The number of nitrogens with zero attached hydrogens (tertiary/aromatic N) is 5. The second-order valence-electron chi connectivity index (χ2n) is 7.19. The van der Waals surface area contributed by atoms with E-state index in [9.17, 15) is 9.59 Å². The molecule has 4 rings (SSSR count). The number of aryl methyl sites for hydroxylation is 1. The molecule has 0 spiro atoms. The molecule has 1 N–H and O–H groups in total. The monoisotopic (exact) mass is 415 g/mol. The average Bonchev–Trinajstić information content (AvgIpc) is 3.42. The van der Waals surface area contributed by atoms with Gasteiger partial charge in [-0.2, -0.15) is 5.10 Å². The zero-order valence-electron chi connectivity index (χ0n) is 17.6. The van der Waals surface area contributed by atoms with Gasteiger partial charge in [0.05, 0.1) is 11.8 Å². The van der Waals surface area contributed by atoms with E-state index in [-0.39, 0.29) is 11.2 Å². The molecular formula is C23H23N6O2. The van der Waals surface area contributed by atoms with Crippen molar-refractivity contribution in [2.45, 2.75) is 46.3 Å². The van der Waals surface area contributed by atoms with Crippen molar-refractivity contribution in [2.24, 2.45) is 0 Å². The highest BCUT2D eigenvalue weighted by atomic mass is 16.2. The van der Waals surface area contributed by atoms with Gasteiger partial charge >= 0.3 is 5.69 Å². The molecule has 0 bridgehead atoms. The Morgan fingerprint density at radius 2 is 1.84 bits per heavy atom. The normalized spacial score (nSPS) is 10.9. The van der Waals surface area contributed by atoms with Crippen molar-refractivity contribution in [2.75, 3.05) is 0 Å². The third kappa shape index (κ3) is 4.08. The van der Waals surface area contributed by atoms with Gasteiger partial charge in [0, 0.05) is 24.8 Å². The van der Waals surface area contributed by atoms with Crippen molar-refractivity contribution in [3.05, 3.63) is 69.1 Å². The van der Waals surface area contributed by atoms with E-state index in [0.29, 0.717) is 43.0 Å². The highest BCUT2D eigenvalue weighted by Gasteiger charge is 2.17. The van der Waals surface area contributed by atoms with Crippen LogP contribution >= 0.6 is 0 Å². The van der Waals surface area contributed by atoms with Gasteiger partial charge in [-0.05, 0) is 31.0 Å². The van der Waals surface area contributed by atoms with Gasteiger partial charge in [0.1, 0.15) is 17.9 Å². The van der Waals surface area contributed by atoms with Crippen molar-refractivity contribution in [1.82, 2.24) is 28.9 Å². The molecule has 3 heterocycles. The van der Waals surface area contributed by atoms with Crippen molar-refractivity contribution >= 4 is 11.2 Å². The Morgan fingerprint density at radius 1 is 1.10 bits per heavy atom. The van der Waals surface area contributed by atoms with Crippen LogP contribution in [-0.4, -0.2) is 28.9 Å². The Labute approximate surface area is 179 Å². The number of fused-ring (bicyclic) bond motifs is 1. The Hall–Kier alpha value is -3.86. The van der Waals surface area contributed by atoms with Gasteiger partial charge in [0.25, 0.3) is 5.56 Å². The molecule has 0 unspecified atom stereocenters. The van der Waals surface area contributed by atoms with E-state index >= 15 is 0 Å². The molecule has 0 amide bonds. The predicted molar refractivity (Wildman–Crippen MR) is 119 cm³/mol. The van der Waals surface area contributed by atoms with Crippen molar-refractivity contribution in [1.29, 1.82) is 0 Å². The van der Waals surface area contributed by atoms with Crippen LogP contribution in [0.25, 0.3) is 22.6 Å². The molecule has 31 heavy (non-hydrogen) atoms. The van der Waals surface area contributed by atoms with Crippen LogP contribution in [0, 0.1) is 17.9 Å². The number of aromatic amines is 1. The molecule has 0 aliphatic heterocycles. The fraction of sp³-hybridized carbons (Fsp3) is 0.304. The van der Waals surface area contributed by atoms with Crippen LogP contribution in [0.1, 0.15) is 32.3 Å². The zero-order chi connectivity index (χ0) is 21.8. The highest BCUT2D eigenvalue weighted by Crippen LogP contribution is 2.18. The van der Waals surface area contributed by atoms with Crippen LogP contribution < -0.4 is 11.2 Å². The molecule has 0 fully saturated rings. The predicted octanol–water partition coefficient (Wildman–Crippen LogP) is 2.42. The van der Waals surface area contributed by atoms with Gasteiger partial charge in [0.2, 0.25) is 0 Å². The van der Waals surface area contributed by atoms with E-state index < -0.39 is 0 Å².